The molecule has 6 amide bonds. The number of Topliss-reactive ketones (excluding diaryl/α,β-unsaturated/α-hetero) is 1. The van der Waals surface area contributed by atoms with Gasteiger partial charge in [0.05, 0.1) is 26.2 Å². The fourth-order valence-electron chi connectivity index (χ4n) is 7.27. The van der Waals surface area contributed by atoms with E-state index in [1.165, 1.54) is 11.8 Å². The van der Waals surface area contributed by atoms with Gasteiger partial charge in [-0.2, -0.15) is 11.8 Å². The summed E-state index contributed by atoms with van der Waals surface area (Å²) in [6, 6.07) is -3.84. The Hall–Kier alpha value is -5.11. The van der Waals surface area contributed by atoms with Crippen LogP contribution in [0.1, 0.15) is 85.5 Å². The lowest BCUT2D eigenvalue weighted by Crippen LogP contribution is -2.57. The van der Waals surface area contributed by atoms with Crippen molar-refractivity contribution in [2.75, 3.05) is 110 Å². The van der Waals surface area contributed by atoms with Gasteiger partial charge in [-0.05, 0) is 56.5 Å². The zero-order valence-corrected chi connectivity index (χ0v) is 42.4. The molecule has 0 unspecified atom stereocenters. The van der Waals surface area contributed by atoms with Gasteiger partial charge in [0, 0.05) is 90.8 Å². The summed E-state index contributed by atoms with van der Waals surface area (Å²) in [4.78, 5) is 131. The van der Waals surface area contributed by atoms with Crippen LogP contribution < -0.4 is 31.9 Å². The maximum atomic E-state index is 13.6. The second-order valence-corrected chi connectivity index (χ2v) is 19.0. The first-order chi connectivity index (χ1) is 33.1. The molecule has 1 saturated heterocycles. The van der Waals surface area contributed by atoms with E-state index in [4.69, 9.17) is 0 Å². The molecule has 10 N–H and O–H groups in total. The molecule has 0 bridgehead atoms. The molecule has 3 atom stereocenters. The Morgan fingerprint density at radius 1 is 0.500 bits per heavy atom. The van der Waals surface area contributed by atoms with Gasteiger partial charge in [0.25, 0.3) is 0 Å². The summed E-state index contributed by atoms with van der Waals surface area (Å²) < 4.78 is 0. The van der Waals surface area contributed by atoms with Crippen molar-refractivity contribution in [2.45, 2.75) is 104 Å². The van der Waals surface area contributed by atoms with E-state index in [1.54, 1.807) is 33.4 Å². The number of amides is 6. The average molecular weight is 1020 g/mol. The number of carbonyl (C=O) groups is 10. The molecule has 0 saturated carbocycles. The summed E-state index contributed by atoms with van der Waals surface area (Å²) in [5, 5.41) is 54.2. The highest BCUT2D eigenvalue weighted by Crippen LogP contribution is 2.10. The van der Waals surface area contributed by atoms with Crippen LogP contribution in [-0.2, 0) is 43.2 Å². The predicted molar refractivity (Wildman–Crippen MR) is 261 cm³/mol. The van der Waals surface area contributed by atoms with E-state index >= 15 is 0 Å². The van der Waals surface area contributed by atoms with Gasteiger partial charge < -0.3 is 52.3 Å². The summed E-state index contributed by atoms with van der Waals surface area (Å²) in [6.45, 7) is 8.41. The van der Waals surface area contributed by atoms with Crippen LogP contribution in [0.4, 0.5) is 4.79 Å². The third-order valence-corrected chi connectivity index (χ3v) is 12.1. The largest absolute Gasteiger partial charge is 0.480 e. The van der Waals surface area contributed by atoms with Crippen LogP contribution in [-0.4, -0.2) is 228 Å². The molecule has 1 aliphatic rings. The van der Waals surface area contributed by atoms with Gasteiger partial charge in [0.1, 0.15) is 23.9 Å². The zero-order chi connectivity index (χ0) is 52.6. The monoisotopic (exact) mass is 1020 g/mol. The van der Waals surface area contributed by atoms with Crippen LogP contribution in [0.5, 0.6) is 0 Å². The molecule has 1 aliphatic heterocycles. The van der Waals surface area contributed by atoms with Crippen molar-refractivity contribution < 1.29 is 68.4 Å². The second kappa shape index (κ2) is 35.9. The zero-order valence-electron chi connectivity index (χ0n) is 41.6. The minimum absolute atomic E-state index is 0.0130. The molecule has 0 aromatic carbocycles. The standard InChI is InChI=1S/C45H80N10O14S/c1-31(2)35(56)12-7-6-9-15-47-45(69)48-16-10-8-11-34(44(67)68)50-43(66)41(32(3)4)51-42(65)33(14-26-70-5)49-36(57)13-17-46-37(58)27-52-18-20-53(28-38(59)60)22-24-55(30-40(63)64)25-23-54(21-19-52)29-39(61)62/h31-34,41H,6-30H2,1-5H3,(H,46,58)(H,49,57)(H,50,66)(H,51,65)(H,59,60)(H,61,62)(H,63,64)(H,67,68)(H2,47,48,69)/t33-,34-,41-/m0/s1. The first kappa shape index (κ1) is 62.9. The SMILES string of the molecule is CSCC[C@H](NC(=O)CCNC(=O)CN1CCN(CC(=O)O)CCN(CC(=O)O)CCN(CC(=O)O)CC1)C(=O)N[C@H](C(=O)N[C@@H](CCCCNC(=O)NCCCCCC(=O)C(C)C)C(=O)O)C(C)C. The Morgan fingerprint density at radius 3 is 1.43 bits per heavy atom. The second-order valence-electron chi connectivity index (χ2n) is 18.0. The Kier molecular flexibility index (Phi) is 32.3. The maximum absolute atomic E-state index is 13.6. The van der Waals surface area contributed by atoms with Crippen LogP contribution in [0.3, 0.4) is 0 Å². The van der Waals surface area contributed by atoms with E-state index in [2.05, 4.69) is 31.9 Å². The highest BCUT2D eigenvalue weighted by atomic mass is 32.2. The molecular formula is C45H80N10O14S. The number of nitrogens with zero attached hydrogens (tertiary/aromatic N) is 4. The number of nitrogens with one attached hydrogen (secondary N) is 6. The molecule has 25 heteroatoms. The summed E-state index contributed by atoms with van der Waals surface area (Å²) in [7, 11) is 0. The van der Waals surface area contributed by atoms with Crippen LogP contribution in [0.25, 0.3) is 0 Å². The van der Waals surface area contributed by atoms with Crippen LogP contribution in [0, 0.1) is 11.8 Å². The lowest BCUT2D eigenvalue weighted by atomic mass is 10.0. The first-order valence-corrected chi connectivity index (χ1v) is 25.5. The number of aliphatic carboxylic acids is 4. The van der Waals surface area contributed by atoms with E-state index in [0.29, 0.717) is 31.6 Å². The number of carboxylic acids is 4. The fraction of sp³-hybridized carbons (Fsp3) is 0.778. The lowest BCUT2D eigenvalue weighted by molar-refractivity contribution is -0.143. The van der Waals surface area contributed by atoms with Crippen molar-refractivity contribution in [1.29, 1.82) is 0 Å². The van der Waals surface area contributed by atoms with Crippen molar-refractivity contribution >= 4 is 71.1 Å². The van der Waals surface area contributed by atoms with Gasteiger partial charge in [0.2, 0.25) is 23.6 Å². The van der Waals surface area contributed by atoms with Crippen molar-refractivity contribution in [3.05, 3.63) is 0 Å². The molecule has 70 heavy (non-hydrogen) atoms. The van der Waals surface area contributed by atoms with Crippen molar-refractivity contribution in [3.63, 3.8) is 0 Å². The average Bonchev–Trinajstić information content (AvgIpc) is 3.27. The minimum Gasteiger partial charge on any atom is -0.480 e. The van der Waals surface area contributed by atoms with E-state index in [9.17, 15) is 68.4 Å². The van der Waals surface area contributed by atoms with Crippen molar-refractivity contribution in [3.8, 4) is 0 Å². The maximum Gasteiger partial charge on any atom is 0.326 e. The normalized spacial score (nSPS) is 15.9. The highest BCUT2D eigenvalue weighted by molar-refractivity contribution is 7.98. The Bertz CT molecular complexity index is 1660. The Morgan fingerprint density at radius 2 is 0.986 bits per heavy atom. The molecular weight excluding hydrogens is 937 g/mol. The van der Waals surface area contributed by atoms with Gasteiger partial charge in [-0.1, -0.05) is 34.1 Å². The number of ketones is 1. The van der Waals surface area contributed by atoms with Gasteiger partial charge in [-0.3, -0.25) is 58.0 Å². The molecule has 400 valence electrons. The minimum atomic E-state index is -1.27. The van der Waals surface area contributed by atoms with Gasteiger partial charge >= 0.3 is 29.9 Å². The van der Waals surface area contributed by atoms with E-state index in [0.717, 1.165) is 19.3 Å². The number of urea groups is 1. The summed E-state index contributed by atoms with van der Waals surface area (Å²) >= 11 is 1.43. The number of unbranched alkanes of at least 4 members (excludes halogenated alkanes) is 3. The molecule has 1 rings (SSSR count). The molecule has 1 fully saturated rings. The first-order valence-electron chi connectivity index (χ1n) is 24.1. The molecule has 1 heterocycles. The van der Waals surface area contributed by atoms with E-state index in [1.807, 2.05) is 20.1 Å². The molecule has 0 aliphatic carbocycles. The number of carboxylic acid groups (broad SMARTS) is 4. The van der Waals surface area contributed by atoms with Crippen LogP contribution in [0.15, 0.2) is 0 Å². The highest BCUT2D eigenvalue weighted by Gasteiger charge is 2.31. The van der Waals surface area contributed by atoms with Gasteiger partial charge in [0.15, 0.2) is 0 Å². The quantitative estimate of drug-likeness (QED) is 0.0359. The topological polar surface area (TPSA) is 337 Å². The van der Waals surface area contributed by atoms with E-state index < -0.39 is 71.5 Å². The number of thioether (sulfide) groups is 1. The number of hydrogen-bond donors (Lipinski definition) is 10. The van der Waals surface area contributed by atoms with E-state index in [-0.39, 0.29) is 129 Å². The molecule has 24 nitrogen and oxygen atoms in total. The van der Waals surface area contributed by atoms with Crippen molar-refractivity contribution in [2.24, 2.45) is 11.8 Å². The summed E-state index contributed by atoms with van der Waals surface area (Å²) in [5.74, 6) is -6.66. The fourth-order valence-corrected chi connectivity index (χ4v) is 7.74. The van der Waals surface area contributed by atoms with Crippen molar-refractivity contribution in [1.82, 2.24) is 51.5 Å². The van der Waals surface area contributed by atoms with Crippen LogP contribution >= 0.6 is 11.8 Å². The summed E-state index contributed by atoms with van der Waals surface area (Å²) in [5.41, 5.74) is 0. The Balaban J connectivity index is 2.76. The third kappa shape index (κ3) is 29.8. The third-order valence-electron chi connectivity index (χ3n) is 11.4. The lowest BCUT2D eigenvalue weighted by Gasteiger charge is -2.32. The number of rotatable bonds is 33. The van der Waals surface area contributed by atoms with Crippen LogP contribution in [0.2, 0.25) is 0 Å². The molecule has 0 radical (unpaired) electrons. The van der Waals surface area contributed by atoms with Gasteiger partial charge in [-0.15, -0.1) is 0 Å². The molecule has 0 spiro atoms. The number of carbonyl (C=O) groups excluding carboxylic acids is 6. The summed E-state index contributed by atoms with van der Waals surface area (Å²) in [6.07, 6.45) is 5.51. The molecule has 0 aromatic rings. The number of hydrogen-bond acceptors (Lipinski definition) is 15. The smallest absolute Gasteiger partial charge is 0.326 e. The molecule has 0 aromatic heterocycles. The van der Waals surface area contributed by atoms with Gasteiger partial charge in [-0.25, -0.2) is 9.59 Å². The predicted octanol–water partition coefficient (Wildman–Crippen LogP) is -0.829. The Labute approximate surface area is 415 Å².